The average Bonchev–Trinajstić information content (AvgIpc) is 3.02. The van der Waals surface area contributed by atoms with E-state index in [0.717, 1.165) is 17.4 Å². The maximum absolute atomic E-state index is 12.9. The SMILES string of the molecule is CCC(NC)c1cccc2c1ccn2S(=O)(=O)c1ccccc1. The predicted octanol–water partition coefficient (Wildman–Crippen LogP) is 3.55. The number of nitrogens with one attached hydrogen (secondary N) is 1. The summed E-state index contributed by atoms with van der Waals surface area (Å²) in [7, 11) is -1.66. The van der Waals surface area contributed by atoms with Gasteiger partial charge in [-0.2, -0.15) is 0 Å². The Hall–Kier alpha value is -2.11. The maximum Gasteiger partial charge on any atom is 0.268 e. The van der Waals surface area contributed by atoms with Crippen LogP contribution in [0.4, 0.5) is 0 Å². The van der Waals surface area contributed by atoms with Gasteiger partial charge in [-0.1, -0.05) is 37.3 Å². The number of hydrogen-bond acceptors (Lipinski definition) is 3. The molecule has 0 saturated heterocycles. The molecule has 120 valence electrons. The first-order valence-corrected chi connectivity index (χ1v) is 9.11. The Labute approximate surface area is 136 Å². The van der Waals surface area contributed by atoms with Gasteiger partial charge >= 0.3 is 0 Å². The van der Waals surface area contributed by atoms with Crippen LogP contribution in [0, 0.1) is 0 Å². The van der Waals surface area contributed by atoms with Crippen molar-refractivity contribution in [1.82, 2.24) is 9.29 Å². The van der Waals surface area contributed by atoms with Gasteiger partial charge in [-0.15, -0.1) is 0 Å². The lowest BCUT2D eigenvalue weighted by Gasteiger charge is -2.16. The van der Waals surface area contributed by atoms with Crippen molar-refractivity contribution in [1.29, 1.82) is 0 Å². The first kappa shape index (κ1) is 15.8. The molecule has 1 heterocycles. The highest BCUT2D eigenvalue weighted by molar-refractivity contribution is 7.90. The normalized spacial score (nSPS) is 13.3. The third-order valence-corrected chi connectivity index (χ3v) is 5.87. The van der Waals surface area contributed by atoms with Crippen molar-refractivity contribution in [3.05, 3.63) is 66.4 Å². The average molecular weight is 328 g/mol. The quantitative estimate of drug-likeness (QED) is 0.779. The Kier molecular flexibility index (Phi) is 4.24. The Balaban J connectivity index is 2.20. The molecule has 0 aliphatic rings. The highest BCUT2D eigenvalue weighted by Gasteiger charge is 2.20. The number of hydrogen-bond donors (Lipinski definition) is 1. The van der Waals surface area contributed by atoms with E-state index in [0.29, 0.717) is 10.4 Å². The molecule has 1 N–H and O–H groups in total. The van der Waals surface area contributed by atoms with Crippen molar-refractivity contribution >= 4 is 20.9 Å². The van der Waals surface area contributed by atoms with Gasteiger partial charge in [0, 0.05) is 17.6 Å². The molecule has 4 nitrogen and oxygen atoms in total. The minimum atomic E-state index is -3.58. The summed E-state index contributed by atoms with van der Waals surface area (Å²) in [6.45, 7) is 2.11. The molecule has 0 bridgehead atoms. The Morgan fingerprint density at radius 2 is 1.78 bits per heavy atom. The van der Waals surface area contributed by atoms with Crippen LogP contribution in [0.5, 0.6) is 0 Å². The summed E-state index contributed by atoms with van der Waals surface area (Å²) >= 11 is 0. The lowest BCUT2D eigenvalue weighted by atomic mass is 10.0. The number of aromatic nitrogens is 1. The molecule has 1 atom stereocenters. The first-order chi connectivity index (χ1) is 11.1. The van der Waals surface area contributed by atoms with Gasteiger partial charge in [-0.3, -0.25) is 0 Å². The molecular weight excluding hydrogens is 308 g/mol. The van der Waals surface area contributed by atoms with Gasteiger partial charge in [0.1, 0.15) is 0 Å². The second-order valence-corrected chi connectivity index (χ2v) is 7.27. The zero-order chi connectivity index (χ0) is 16.4. The zero-order valence-corrected chi connectivity index (χ0v) is 14.0. The van der Waals surface area contributed by atoms with Crippen LogP contribution >= 0.6 is 0 Å². The Morgan fingerprint density at radius 3 is 2.43 bits per heavy atom. The summed E-state index contributed by atoms with van der Waals surface area (Å²) in [5.41, 5.74) is 1.83. The van der Waals surface area contributed by atoms with Gasteiger partial charge in [0.05, 0.1) is 10.4 Å². The van der Waals surface area contributed by atoms with Crippen LogP contribution in [0.15, 0.2) is 65.7 Å². The van der Waals surface area contributed by atoms with E-state index in [1.165, 1.54) is 3.97 Å². The highest BCUT2D eigenvalue weighted by atomic mass is 32.2. The van der Waals surface area contributed by atoms with Gasteiger partial charge < -0.3 is 5.32 Å². The van der Waals surface area contributed by atoms with E-state index >= 15 is 0 Å². The van der Waals surface area contributed by atoms with Crippen LogP contribution in [-0.2, 0) is 10.0 Å². The molecular formula is C18H20N2O2S. The summed E-state index contributed by atoms with van der Waals surface area (Å²) < 4.78 is 27.1. The van der Waals surface area contributed by atoms with Crippen molar-refractivity contribution in [2.45, 2.75) is 24.3 Å². The van der Waals surface area contributed by atoms with Crippen LogP contribution in [0.2, 0.25) is 0 Å². The first-order valence-electron chi connectivity index (χ1n) is 7.67. The molecule has 1 unspecified atom stereocenters. The molecule has 0 saturated carbocycles. The molecule has 5 heteroatoms. The fraction of sp³-hybridized carbons (Fsp3) is 0.222. The van der Waals surface area contributed by atoms with Crippen molar-refractivity contribution in [2.75, 3.05) is 7.05 Å². The maximum atomic E-state index is 12.9. The Bertz CT molecular complexity index is 911. The van der Waals surface area contributed by atoms with E-state index in [2.05, 4.69) is 12.2 Å². The van der Waals surface area contributed by atoms with Crippen LogP contribution in [0.3, 0.4) is 0 Å². The molecule has 23 heavy (non-hydrogen) atoms. The summed E-state index contributed by atoms with van der Waals surface area (Å²) in [5.74, 6) is 0. The van der Waals surface area contributed by atoms with Crippen LogP contribution in [-0.4, -0.2) is 19.4 Å². The molecule has 0 radical (unpaired) electrons. The lowest BCUT2D eigenvalue weighted by molar-refractivity contribution is 0.581. The van der Waals surface area contributed by atoms with Crippen LogP contribution in [0.25, 0.3) is 10.9 Å². The largest absolute Gasteiger partial charge is 0.313 e. The molecule has 0 spiro atoms. The second kappa shape index (κ2) is 6.18. The predicted molar refractivity (Wildman–Crippen MR) is 93.1 cm³/mol. The van der Waals surface area contributed by atoms with E-state index in [1.807, 2.05) is 37.4 Å². The molecule has 0 aliphatic carbocycles. The smallest absolute Gasteiger partial charge is 0.268 e. The van der Waals surface area contributed by atoms with Gasteiger partial charge in [-0.05, 0) is 43.3 Å². The summed E-state index contributed by atoms with van der Waals surface area (Å²) in [5, 5.41) is 4.25. The number of nitrogens with zero attached hydrogens (tertiary/aromatic N) is 1. The van der Waals surface area contributed by atoms with E-state index < -0.39 is 10.0 Å². The number of rotatable bonds is 5. The Morgan fingerprint density at radius 1 is 1.04 bits per heavy atom. The fourth-order valence-corrected chi connectivity index (χ4v) is 4.33. The van der Waals surface area contributed by atoms with Gasteiger partial charge in [0.25, 0.3) is 10.0 Å². The summed E-state index contributed by atoms with van der Waals surface area (Å²) in [6.07, 6.45) is 2.57. The summed E-state index contributed by atoms with van der Waals surface area (Å²) in [4.78, 5) is 0.295. The van der Waals surface area contributed by atoms with Crippen molar-refractivity contribution in [3.8, 4) is 0 Å². The monoisotopic (exact) mass is 328 g/mol. The second-order valence-electron chi connectivity index (χ2n) is 5.46. The highest BCUT2D eigenvalue weighted by Crippen LogP contribution is 2.29. The van der Waals surface area contributed by atoms with E-state index in [4.69, 9.17) is 0 Å². The van der Waals surface area contributed by atoms with Crippen LogP contribution in [0.1, 0.15) is 24.9 Å². The third kappa shape index (κ3) is 2.66. The molecule has 1 aromatic heterocycles. The molecule has 3 rings (SSSR count). The minimum absolute atomic E-state index is 0.203. The molecule has 0 aliphatic heterocycles. The molecule has 0 amide bonds. The van der Waals surface area contributed by atoms with Gasteiger partial charge in [0.2, 0.25) is 0 Å². The van der Waals surface area contributed by atoms with Crippen LogP contribution < -0.4 is 5.32 Å². The van der Waals surface area contributed by atoms with Crippen molar-refractivity contribution in [3.63, 3.8) is 0 Å². The minimum Gasteiger partial charge on any atom is -0.313 e. The van der Waals surface area contributed by atoms with Gasteiger partial charge in [-0.25, -0.2) is 12.4 Å². The van der Waals surface area contributed by atoms with E-state index in [-0.39, 0.29) is 6.04 Å². The standard InChI is InChI=1S/C18H20N2O2S/c1-3-17(19-2)15-10-7-11-18-16(15)12-13-20(18)23(21,22)14-8-5-4-6-9-14/h4-13,17,19H,3H2,1-2H3. The van der Waals surface area contributed by atoms with E-state index in [9.17, 15) is 8.42 Å². The zero-order valence-electron chi connectivity index (χ0n) is 13.2. The fourth-order valence-electron chi connectivity index (χ4n) is 2.97. The number of fused-ring (bicyclic) bond motifs is 1. The molecule has 3 aromatic rings. The van der Waals surface area contributed by atoms with Crippen molar-refractivity contribution < 1.29 is 8.42 Å². The van der Waals surface area contributed by atoms with Gasteiger partial charge in [0.15, 0.2) is 0 Å². The third-order valence-electron chi connectivity index (χ3n) is 4.16. The summed E-state index contributed by atoms with van der Waals surface area (Å²) in [6, 6.07) is 16.4. The molecule has 2 aromatic carbocycles. The molecule has 0 fully saturated rings. The number of benzene rings is 2. The van der Waals surface area contributed by atoms with Crippen molar-refractivity contribution in [2.24, 2.45) is 0 Å². The topological polar surface area (TPSA) is 51.1 Å². The van der Waals surface area contributed by atoms with E-state index in [1.54, 1.807) is 30.5 Å². The lowest BCUT2D eigenvalue weighted by Crippen LogP contribution is -2.15.